The Morgan fingerprint density at radius 1 is 1.29 bits per heavy atom. The molecule has 28 heavy (non-hydrogen) atoms. The minimum absolute atomic E-state index is 0.107. The lowest BCUT2D eigenvalue weighted by Crippen LogP contribution is -2.46. The average molecular weight is 388 g/mol. The number of ether oxygens (including phenoxy) is 2. The summed E-state index contributed by atoms with van der Waals surface area (Å²) in [7, 11) is 1.68. The first-order chi connectivity index (χ1) is 13.4. The molecule has 1 aromatic heterocycles. The molecule has 1 aromatic carbocycles. The van der Waals surface area contributed by atoms with Gasteiger partial charge in [-0.2, -0.15) is 0 Å². The number of aliphatic carboxylic acids is 1. The minimum atomic E-state index is -0.950. The van der Waals surface area contributed by atoms with Gasteiger partial charge in [-0.1, -0.05) is 0 Å². The quantitative estimate of drug-likeness (QED) is 0.761. The SMILES string of the molecule is COCCn1c(C)c(C)c2cc(C(=O)NCC3(C(=O)O)CCOCC3)ccc21. The van der Waals surface area contributed by atoms with Crippen LogP contribution < -0.4 is 5.32 Å². The number of nitrogens with zero attached hydrogens (tertiary/aromatic N) is 1. The number of nitrogens with one attached hydrogen (secondary N) is 1. The zero-order valence-corrected chi connectivity index (χ0v) is 16.7. The van der Waals surface area contributed by atoms with E-state index < -0.39 is 11.4 Å². The summed E-state index contributed by atoms with van der Waals surface area (Å²) >= 11 is 0. The lowest BCUT2D eigenvalue weighted by molar-refractivity contribution is -0.154. The molecule has 1 fully saturated rings. The number of aryl methyl sites for hydroxylation is 1. The maximum atomic E-state index is 12.7. The van der Waals surface area contributed by atoms with Crippen molar-refractivity contribution in [1.29, 1.82) is 0 Å². The van der Waals surface area contributed by atoms with E-state index in [1.165, 1.54) is 0 Å². The third-order valence-electron chi connectivity index (χ3n) is 5.91. The highest BCUT2D eigenvalue weighted by molar-refractivity contribution is 5.99. The molecule has 0 radical (unpaired) electrons. The maximum Gasteiger partial charge on any atom is 0.311 e. The van der Waals surface area contributed by atoms with Crippen LogP contribution in [0.2, 0.25) is 0 Å². The molecule has 1 aliphatic rings. The number of benzene rings is 1. The van der Waals surface area contributed by atoms with Gasteiger partial charge in [0.2, 0.25) is 0 Å². The fourth-order valence-electron chi connectivity index (χ4n) is 3.84. The molecular weight excluding hydrogens is 360 g/mol. The molecule has 1 amide bonds. The highest BCUT2D eigenvalue weighted by atomic mass is 16.5. The molecule has 0 unspecified atom stereocenters. The Morgan fingerprint density at radius 3 is 2.64 bits per heavy atom. The van der Waals surface area contributed by atoms with E-state index in [1.54, 1.807) is 13.2 Å². The van der Waals surface area contributed by atoms with Crippen molar-refractivity contribution in [2.24, 2.45) is 5.41 Å². The first-order valence-electron chi connectivity index (χ1n) is 9.57. The van der Waals surface area contributed by atoms with Gasteiger partial charge >= 0.3 is 5.97 Å². The van der Waals surface area contributed by atoms with Crippen molar-refractivity contribution in [3.8, 4) is 0 Å². The second-order valence-corrected chi connectivity index (χ2v) is 7.47. The number of carboxylic acid groups (broad SMARTS) is 1. The van der Waals surface area contributed by atoms with Crippen LogP contribution >= 0.6 is 0 Å². The van der Waals surface area contributed by atoms with Crippen LogP contribution in [0.5, 0.6) is 0 Å². The molecule has 7 nitrogen and oxygen atoms in total. The number of hydrogen-bond acceptors (Lipinski definition) is 4. The van der Waals surface area contributed by atoms with Gasteiger partial charge in [0.15, 0.2) is 0 Å². The van der Waals surface area contributed by atoms with Crippen molar-refractivity contribution in [3.63, 3.8) is 0 Å². The van der Waals surface area contributed by atoms with E-state index in [0.717, 1.165) is 28.7 Å². The molecule has 2 N–H and O–H groups in total. The number of amides is 1. The van der Waals surface area contributed by atoms with Crippen LogP contribution in [0, 0.1) is 19.3 Å². The highest BCUT2D eigenvalue weighted by Gasteiger charge is 2.40. The van der Waals surface area contributed by atoms with Gasteiger partial charge in [-0.25, -0.2) is 0 Å². The van der Waals surface area contributed by atoms with Crippen molar-refractivity contribution in [2.45, 2.75) is 33.2 Å². The summed E-state index contributed by atoms with van der Waals surface area (Å²) in [5.41, 5.74) is 2.93. The van der Waals surface area contributed by atoms with Gasteiger partial charge in [-0.05, 0) is 50.5 Å². The Hall–Kier alpha value is -2.38. The summed E-state index contributed by atoms with van der Waals surface area (Å²) in [5, 5.41) is 13.5. The Kier molecular flexibility index (Phi) is 6.05. The van der Waals surface area contributed by atoms with Gasteiger partial charge < -0.3 is 24.5 Å². The van der Waals surface area contributed by atoms with Crippen LogP contribution in [0.4, 0.5) is 0 Å². The van der Waals surface area contributed by atoms with Gasteiger partial charge in [-0.3, -0.25) is 9.59 Å². The van der Waals surface area contributed by atoms with Crippen LogP contribution in [-0.4, -0.2) is 55.0 Å². The van der Waals surface area contributed by atoms with Crippen molar-refractivity contribution >= 4 is 22.8 Å². The number of fused-ring (bicyclic) bond motifs is 1. The van der Waals surface area contributed by atoms with Crippen molar-refractivity contribution in [3.05, 3.63) is 35.0 Å². The zero-order chi connectivity index (χ0) is 20.3. The average Bonchev–Trinajstić information content (AvgIpc) is 2.95. The Bertz CT molecular complexity index is 881. The van der Waals surface area contributed by atoms with Gasteiger partial charge in [0.25, 0.3) is 5.91 Å². The lowest BCUT2D eigenvalue weighted by Gasteiger charge is -2.33. The van der Waals surface area contributed by atoms with E-state index in [-0.39, 0.29) is 12.5 Å². The number of carbonyl (C=O) groups excluding carboxylic acids is 1. The largest absolute Gasteiger partial charge is 0.481 e. The van der Waals surface area contributed by atoms with E-state index in [9.17, 15) is 14.7 Å². The van der Waals surface area contributed by atoms with Crippen LogP contribution in [0.25, 0.3) is 10.9 Å². The summed E-state index contributed by atoms with van der Waals surface area (Å²) in [5.74, 6) is -1.14. The Balaban J connectivity index is 1.80. The molecule has 0 bridgehead atoms. The fraction of sp³-hybridized carbons (Fsp3) is 0.524. The topological polar surface area (TPSA) is 89.8 Å². The Morgan fingerprint density at radius 2 is 2.00 bits per heavy atom. The third kappa shape index (κ3) is 3.77. The summed E-state index contributed by atoms with van der Waals surface area (Å²) in [6.07, 6.45) is 0.810. The number of rotatable bonds is 7. The molecule has 0 aliphatic carbocycles. The van der Waals surface area contributed by atoms with Crippen LogP contribution in [0.1, 0.15) is 34.5 Å². The number of hydrogen-bond donors (Lipinski definition) is 2. The summed E-state index contributed by atoms with van der Waals surface area (Å²) in [4.78, 5) is 24.5. The summed E-state index contributed by atoms with van der Waals surface area (Å²) in [6, 6.07) is 5.62. The summed E-state index contributed by atoms with van der Waals surface area (Å²) < 4.78 is 12.7. The molecule has 152 valence electrons. The van der Waals surface area contributed by atoms with Gasteiger partial charge in [0.05, 0.1) is 12.0 Å². The monoisotopic (exact) mass is 388 g/mol. The third-order valence-corrected chi connectivity index (χ3v) is 5.91. The van der Waals surface area contributed by atoms with E-state index in [2.05, 4.69) is 16.8 Å². The predicted octanol–water partition coefficient (Wildman–Crippen LogP) is 2.52. The number of carboxylic acids is 1. The standard InChI is InChI=1S/C21H28N2O5/c1-14-15(2)23(8-11-27-3)18-5-4-16(12-17(14)18)19(24)22-13-21(20(25)26)6-9-28-10-7-21/h4-5,12H,6-11,13H2,1-3H3,(H,22,24)(H,25,26). The molecule has 0 atom stereocenters. The first-order valence-corrected chi connectivity index (χ1v) is 9.57. The minimum Gasteiger partial charge on any atom is -0.481 e. The van der Waals surface area contributed by atoms with Crippen LogP contribution in [0.15, 0.2) is 18.2 Å². The molecule has 1 saturated heterocycles. The highest BCUT2D eigenvalue weighted by Crippen LogP contribution is 2.30. The molecule has 1 aliphatic heterocycles. The molecular formula is C21H28N2O5. The molecule has 2 aromatic rings. The first kappa shape index (κ1) is 20.4. The molecule has 3 rings (SSSR count). The van der Waals surface area contributed by atoms with Gasteiger partial charge in [0, 0.05) is 55.6 Å². The Labute approximate surface area is 164 Å². The van der Waals surface area contributed by atoms with E-state index >= 15 is 0 Å². The van der Waals surface area contributed by atoms with Gasteiger partial charge in [-0.15, -0.1) is 0 Å². The normalized spacial score (nSPS) is 16.2. The van der Waals surface area contributed by atoms with Gasteiger partial charge in [0.1, 0.15) is 0 Å². The smallest absolute Gasteiger partial charge is 0.311 e. The lowest BCUT2D eigenvalue weighted by atomic mass is 9.80. The molecule has 0 spiro atoms. The zero-order valence-electron chi connectivity index (χ0n) is 16.7. The number of methoxy groups -OCH3 is 1. The van der Waals surface area contributed by atoms with Crippen LogP contribution in [0.3, 0.4) is 0 Å². The second kappa shape index (κ2) is 8.32. The van der Waals surface area contributed by atoms with Crippen molar-refractivity contribution in [1.82, 2.24) is 9.88 Å². The van der Waals surface area contributed by atoms with E-state index in [0.29, 0.717) is 38.2 Å². The van der Waals surface area contributed by atoms with Crippen molar-refractivity contribution < 1.29 is 24.2 Å². The fourth-order valence-corrected chi connectivity index (χ4v) is 3.84. The summed E-state index contributed by atoms with van der Waals surface area (Å²) in [6.45, 7) is 6.39. The maximum absolute atomic E-state index is 12.7. The molecule has 0 saturated carbocycles. The van der Waals surface area contributed by atoms with Crippen LogP contribution in [-0.2, 0) is 20.8 Å². The van der Waals surface area contributed by atoms with E-state index in [4.69, 9.17) is 9.47 Å². The number of carbonyl (C=O) groups is 2. The second-order valence-electron chi connectivity index (χ2n) is 7.47. The molecule has 7 heteroatoms. The van der Waals surface area contributed by atoms with Crippen molar-refractivity contribution in [2.75, 3.05) is 33.5 Å². The predicted molar refractivity (Wildman–Crippen MR) is 106 cm³/mol. The number of aromatic nitrogens is 1. The molecule has 2 heterocycles. The van der Waals surface area contributed by atoms with E-state index in [1.807, 2.05) is 19.1 Å².